The molecule has 16 heteroatoms. The van der Waals surface area contributed by atoms with Crippen molar-refractivity contribution in [3.63, 3.8) is 0 Å². The summed E-state index contributed by atoms with van der Waals surface area (Å²) in [5, 5.41) is 23.6. The average molecular weight is 953 g/mol. The summed E-state index contributed by atoms with van der Waals surface area (Å²) in [7, 11) is 3.37. The van der Waals surface area contributed by atoms with Crippen LogP contribution in [-0.4, -0.2) is 44.4 Å². The van der Waals surface area contributed by atoms with Crippen LogP contribution in [-0.2, 0) is 0 Å². The third-order valence-electron chi connectivity index (χ3n) is 9.92. The van der Waals surface area contributed by atoms with E-state index in [2.05, 4.69) is 53.4 Å². The maximum Gasteiger partial charge on any atom is 0.129 e. The summed E-state index contributed by atoms with van der Waals surface area (Å²) in [6.45, 7) is 0. The fourth-order valence-corrected chi connectivity index (χ4v) is 11.4. The van der Waals surface area contributed by atoms with E-state index in [9.17, 15) is 10.2 Å². The van der Waals surface area contributed by atoms with Crippen LogP contribution in [0.25, 0.3) is 83.2 Å². The molecule has 0 amide bonds. The first-order valence-electron chi connectivity index (χ1n) is 19.4. The average Bonchev–Trinajstić information content (AvgIpc) is 4.12. The number of nitrogens with two attached hydrogens (primary N) is 2. The van der Waals surface area contributed by atoms with Crippen LogP contribution < -0.4 is 20.9 Å². The topological polar surface area (TPSA) is 163 Å². The molecule has 4 heterocycles. The fourth-order valence-electron chi connectivity index (χ4n) is 6.72. The molecule has 0 aliphatic carbocycles. The molecular weight excluding hydrogens is 917 g/mol. The summed E-state index contributed by atoms with van der Waals surface area (Å²) in [5.41, 5.74) is 19.3. The summed E-state index contributed by atoms with van der Waals surface area (Å²) in [6, 6.07) is 42.0. The van der Waals surface area contributed by atoms with Gasteiger partial charge in [-0.3, -0.25) is 0 Å². The van der Waals surface area contributed by atoms with Crippen LogP contribution in [0.2, 0.25) is 0 Å². The molecule has 318 valence electrons. The molecule has 0 radical (unpaired) electrons. The van der Waals surface area contributed by atoms with E-state index in [0.717, 1.165) is 94.6 Å². The van der Waals surface area contributed by atoms with Gasteiger partial charge in [0.15, 0.2) is 0 Å². The Morgan fingerprint density at radius 3 is 1.06 bits per heavy atom. The van der Waals surface area contributed by atoms with Gasteiger partial charge in [0, 0.05) is 21.2 Å². The predicted octanol–water partition coefficient (Wildman–Crippen LogP) is 13.3. The Morgan fingerprint density at radius 2 is 0.734 bits per heavy atom. The van der Waals surface area contributed by atoms with Crippen LogP contribution in [0.5, 0.6) is 23.0 Å². The smallest absolute Gasteiger partial charge is 0.129 e. The molecule has 4 aromatic heterocycles. The third-order valence-corrected chi connectivity index (χ3v) is 14.9. The van der Waals surface area contributed by atoms with E-state index in [0.29, 0.717) is 21.2 Å². The first-order chi connectivity index (χ1) is 31.1. The molecule has 0 saturated heterocycles. The molecule has 0 spiro atoms. The van der Waals surface area contributed by atoms with Gasteiger partial charge >= 0.3 is 0 Å². The fraction of sp³-hybridized carbons (Fsp3) is 0.0417. The molecule has 7 aromatic carbocycles. The zero-order chi connectivity index (χ0) is 44.5. The van der Waals surface area contributed by atoms with Crippen molar-refractivity contribution in [3.05, 3.63) is 133 Å². The van der Waals surface area contributed by atoms with Crippen molar-refractivity contribution in [1.29, 1.82) is 0 Å². The van der Waals surface area contributed by atoms with Gasteiger partial charge in [0.2, 0.25) is 0 Å². The van der Waals surface area contributed by atoms with Crippen LogP contribution in [0.1, 0.15) is 0 Å². The molecule has 6 N–H and O–H groups in total. The zero-order valence-electron chi connectivity index (χ0n) is 33.9. The monoisotopic (exact) mass is 952 g/mol. The summed E-state index contributed by atoms with van der Waals surface area (Å²) in [6.07, 6.45) is 0. The van der Waals surface area contributed by atoms with Crippen LogP contribution in [0.15, 0.2) is 143 Å². The van der Waals surface area contributed by atoms with Gasteiger partial charge in [-0.2, -0.15) is 0 Å². The standard InChI is InChI=1S/C22H16N2O2S2.C20H12N2O2S2.C6H8N2S2/c1-25-17-9-5-3-7-13(17)21-23-15-11-16-20(12-19(15)27-21)28-22(24-16)14-8-4-6-10-18(14)26-2;23-15-7-3-1-5-11(15)19-21-13-9-14-18(10-17(13)25-19)26-20(22-14)12-6-2-4-8-16(12)24;7-3-1-4(8)6(10)2-5(3)9/h3-12H,1-2H3;1-10,23-24H;1-2,9-10H,7-8H2. The van der Waals surface area contributed by atoms with E-state index >= 15 is 0 Å². The Kier molecular flexibility index (Phi) is 12.3. The van der Waals surface area contributed by atoms with Gasteiger partial charge in [0.05, 0.1) is 77.3 Å². The number of rotatable bonds is 6. The Morgan fingerprint density at radius 1 is 0.422 bits per heavy atom. The highest BCUT2D eigenvalue weighted by Crippen LogP contribution is 2.42. The summed E-state index contributed by atoms with van der Waals surface area (Å²) in [5.74, 6) is 2.13. The number of phenolic OH excluding ortho intramolecular Hbond substituents is 2. The van der Waals surface area contributed by atoms with Crippen molar-refractivity contribution in [1.82, 2.24) is 19.9 Å². The van der Waals surface area contributed by atoms with Crippen LogP contribution >= 0.6 is 70.6 Å². The number of para-hydroxylation sites is 4. The second-order valence-electron chi connectivity index (χ2n) is 14.1. The predicted molar refractivity (Wildman–Crippen MR) is 274 cm³/mol. The van der Waals surface area contributed by atoms with E-state index in [4.69, 9.17) is 30.9 Å². The molecule has 0 saturated carbocycles. The SMILES string of the molecule is COc1ccccc1-c1nc2cc3nc(-c4ccccc4OC)sc3cc2s1.Nc1cc(N)c(S)cc1S.Oc1ccccc1-c1nc2cc3nc(-c4ccccc4O)sc3cc2s1. The van der Waals surface area contributed by atoms with Crippen molar-refractivity contribution >= 4 is 123 Å². The Bertz CT molecular complexity index is 3150. The van der Waals surface area contributed by atoms with Gasteiger partial charge in [-0.25, -0.2) is 19.9 Å². The van der Waals surface area contributed by atoms with Gasteiger partial charge < -0.3 is 31.2 Å². The number of aromatic hydroxyl groups is 2. The lowest BCUT2D eigenvalue weighted by Crippen LogP contribution is -1.92. The molecule has 0 aliphatic heterocycles. The molecule has 11 aromatic rings. The van der Waals surface area contributed by atoms with Crippen molar-refractivity contribution < 1.29 is 19.7 Å². The second-order valence-corrected chi connectivity index (χ2v) is 19.1. The van der Waals surface area contributed by atoms with Gasteiger partial charge in [-0.05, 0) is 84.9 Å². The first-order valence-corrected chi connectivity index (χ1v) is 23.6. The van der Waals surface area contributed by atoms with Gasteiger partial charge in [0.25, 0.3) is 0 Å². The maximum absolute atomic E-state index is 10.1. The highest BCUT2D eigenvalue weighted by Gasteiger charge is 2.17. The lowest BCUT2D eigenvalue weighted by atomic mass is 10.2. The van der Waals surface area contributed by atoms with Gasteiger partial charge in [-0.1, -0.05) is 48.5 Å². The number of nitrogen functional groups attached to an aromatic ring is 2. The lowest BCUT2D eigenvalue weighted by Gasteiger charge is -2.04. The molecule has 0 bridgehead atoms. The number of anilines is 2. The van der Waals surface area contributed by atoms with E-state index < -0.39 is 0 Å². The van der Waals surface area contributed by atoms with E-state index in [1.807, 2.05) is 78.9 Å². The number of hydrogen-bond acceptors (Lipinski definition) is 16. The first kappa shape index (κ1) is 42.9. The summed E-state index contributed by atoms with van der Waals surface area (Å²) in [4.78, 5) is 20.4. The Labute approximate surface area is 393 Å². The lowest BCUT2D eigenvalue weighted by molar-refractivity contribution is 0.416. The number of fused-ring (bicyclic) bond motifs is 4. The largest absolute Gasteiger partial charge is 0.507 e. The van der Waals surface area contributed by atoms with Gasteiger partial charge in [-0.15, -0.1) is 70.6 Å². The van der Waals surface area contributed by atoms with E-state index in [1.165, 1.54) is 0 Å². The maximum atomic E-state index is 10.1. The molecule has 64 heavy (non-hydrogen) atoms. The van der Waals surface area contributed by atoms with Crippen molar-refractivity contribution in [2.45, 2.75) is 9.79 Å². The molecule has 0 aliphatic rings. The summed E-state index contributed by atoms with van der Waals surface area (Å²) >= 11 is 14.6. The van der Waals surface area contributed by atoms with Crippen molar-refractivity contribution in [2.24, 2.45) is 0 Å². The third kappa shape index (κ3) is 8.75. The van der Waals surface area contributed by atoms with E-state index in [-0.39, 0.29) is 11.5 Å². The number of thiol groups is 2. The van der Waals surface area contributed by atoms with Crippen LogP contribution in [0.3, 0.4) is 0 Å². The minimum Gasteiger partial charge on any atom is -0.507 e. The molecular formula is C48H36N6O4S6. The highest BCUT2D eigenvalue weighted by molar-refractivity contribution is 7.81. The number of thiazole rings is 4. The highest BCUT2D eigenvalue weighted by atomic mass is 32.1. The molecule has 11 rings (SSSR count). The van der Waals surface area contributed by atoms with Crippen molar-refractivity contribution in [3.8, 4) is 65.3 Å². The Balaban J connectivity index is 0.000000134. The number of methoxy groups -OCH3 is 2. The number of benzene rings is 7. The number of ether oxygens (including phenoxy) is 2. The van der Waals surface area contributed by atoms with Crippen LogP contribution in [0, 0.1) is 0 Å². The second kappa shape index (κ2) is 18.4. The number of nitrogens with zero attached hydrogens (tertiary/aromatic N) is 4. The molecule has 0 fully saturated rings. The molecule has 0 atom stereocenters. The van der Waals surface area contributed by atoms with E-state index in [1.54, 1.807) is 96.0 Å². The Hall–Kier alpha value is -6.40. The van der Waals surface area contributed by atoms with Crippen molar-refractivity contribution in [2.75, 3.05) is 25.7 Å². The molecule has 0 unspecified atom stereocenters. The quantitative estimate of drug-likeness (QED) is 0.0699. The number of aromatic nitrogens is 4. The minimum atomic E-state index is 0.230. The van der Waals surface area contributed by atoms with Gasteiger partial charge in [0.1, 0.15) is 43.0 Å². The van der Waals surface area contributed by atoms with Crippen LogP contribution in [0.4, 0.5) is 11.4 Å². The number of hydrogen-bond donors (Lipinski definition) is 6. The minimum absolute atomic E-state index is 0.230. The number of phenols is 2. The molecule has 10 nitrogen and oxygen atoms in total. The normalized spacial score (nSPS) is 11.1. The zero-order valence-corrected chi connectivity index (χ0v) is 38.9. The summed E-state index contributed by atoms with van der Waals surface area (Å²) < 4.78 is 15.4.